The summed E-state index contributed by atoms with van der Waals surface area (Å²) in [5, 5.41) is -0.0397. The van der Waals surface area contributed by atoms with Crippen LogP contribution in [0, 0.1) is 6.92 Å². The van der Waals surface area contributed by atoms with Crippen molar-refractivity contribution in [2.75, 3.05) is 32.7 Å². The number of piperazine rings is 1. The van der Waals surface area contributed by atoms with Crippen LogP contribution in [-0.4, -0.2) is 52.1 Å². The summed E-state index contributed by atoms with van der Waals surface area (Å²) in [6.07, 6.45) is 0. The molecule has 0 radical (unpaired) electrons. The number of fused-ring (bicyclic) bond motifs is 1. The number of hydrogen-bond donors (Lipinski definition) is 0. The van der Waals surface area contributed by atoms with Gasteiger partial charge in [-0.25, -0.2) is 4.98 Å². The summed E-state index contributed by atoms with van der Waals surface area (Å²) < 4.78 is 2.25. The fourth-order valence-corrected chi connectivity index (χ4v) is 5.61. The Morgan fingerprint density at radius 3 is 2.03 bits per heavy atom. The summed E-state index contributed by atoms with van der Waals surface area (Å²) in [6.45, 7) is 10.1. The Bertz CT molecular complexity index is 1170. The van der Waals surface area contributed by atoms with Gasteiger partial charge in [0.25, 0.3) is 0 Å². The van der Waals surface area contributed by atoms with Crippen LogP contribution >= 0.6 is 11.6 Å². The molecule has 1 unspecified atom stereocenters. The highest BCUT2D eigenvalue weighted by atomic mass is 35.5. The van der Waals surface area contributed by atoms with E-state index in [1.807, 2.05) is 0 Å². The SMILES string of the molecule is CCn1c(C)nc2cc(C(Cl)CN3CCN(C(c4ccccc4)c4ccccc4)CC3)ccc21. The monoisotopic (exact) mass is 472 g/mol. The first kappa shape index (κ1) is 23.1. The Balaban J connectivity index is 1.26. The number of alkyl halides is 1. The van der Waals surface area contributed by atoms with Gasteiger partial charge < -0.3 is 4.57 Å². The van der Waals surface area contributed by atoms with Crippen molar-refractivity contribution in [2.24, 2.45) is 0 Å². The lowest BCUT2D eigenvalue weighted by Gasteiger charge is -2.40. The summed E-state index contributed by atoms with van der Waals surface area (Å²) in [5.41, 5.74) is 6.10. The molecule has 2 heterocycles. The van der Waals surface area contributed by atoms with Crippen molar-refractivity contribution in [3.63, 3.8) is 0 Å². The van der Waals surface area contributed by atoms with Crippen LogP contribution in [0.15, 0.2) is 78.9 Å². The van der Waals surface area contributed by atoms with Crippen molar-refractivity contribution in [1.29, 1.82) is 0 Å². The lowest BCUT2D eigenvalue weighted by molar-refractivity contribution is 0.109. The maximum Gasteiger partial charge on any atom is 0.106 e. The number of nitrogens with zero attached hydrogens (tertiary/aromatic N) is 4. The second-order valence-corrected chi connectivity index (χ2v) is 9.71. The zero-order valence-electron chi connectivity index (χ0n) is 20.1. The average molecular weight is 473 g/mol. The molecule has 1 aromatic heterocycles. The van der Waals surface area contributed by atoms with E-state index >= 15 is 0 Å². The molecule has 0 bridgehead atoms. The Hall–Kier alpha value is -2.66. The second kappa shape index (κ2) is 10.3. The third-order valence-electron chi connectivity index (χ3n) is 7.06. The smallest absolute Gasteiger partial charge is 0.106 e. The number of halogens is 1. The highest BCUT2D eigenvalue weighted by Gasteiger charge is 2.27. The molecule has 1 fully saturated rings. The van der Waals surface area contributed by atoms with Gasteiger partial charge in [-0.1, -0.05) is 66.7 Å². The molecule has 0 N–H and O–H groups in total. The van der Waals surface area contributed by atoms with Gasteiger partial charge in [0.1, 0.15) is 5.82 Å². The van der Waals surface area contributed by atoms with E-state index in [9.17, 15) is 0 Å². The first-order valence-corrected chi connectivity index (χ1v) is 12.7. The van der Waals surface area contributed by atoms with Gasteiger partial charge in [-0.3, -0.25) is 9.80 Å². The first-order chi connectivity index (χ1) is 16.6. The van der Waals surface area contributed by atoms with E-state index in [4.69, 9.17) is 16.6 Å². The minimum atomic E-state index is -0.0397. The molecule has 5 heteroatoms. The molecule has 0 saturated carbocycles. The third-order valence-corrected chi connectivity index (χ3v) is 7.45. The number of aryl methyl sites for hydroxylation is 2. The van der Waals surface area contributed by atoms with E-state index < -0.39 is 0 Å². The molecule has 1 aliphatic heterocycles. The Kier molecular flexibility index (Phi) is 7.00. The summed E-state index contributed by atoms with van der Waals surface area (Å²) in [6, 6.07) is 28.5. The maximum absolute atomic E-state index is 6.92. The fourth-order valence-electron chi connectivity index (χ4n) is 5.28. The number of rotatable bonds is 7. The van der Waals surface area contributed by atoms with Gasteiger partial charge in [0.2, 0.25) is 0 Å². The van der Waals surface area contributed by atoms with E-state index in [-0.39, 0.29) is 11.4 Å². The van der Waals surface area contributed by atoms with Crippen LogP contribution in [0.3, 0.4) is 0 Å². The highest BCUT2D eigenvalue weighted by Crippen LogP contribution is 2.31. The fraction of sp³-hybridized carbons (Fsp3) is 0.345. The summed E-state index contributed by atoms with van der Waals surface area (Å²) in [4.78, 5) is 9.85. The van der Waals surface area contributed by atoms with E-state index in [2.05, 4.69) is 107 Å². The van der Waals surface area contributed by atoms with E-state index in [0.29, 0.717) is 0 Å². The highest BCUT2D eigenvalue weighted by molar-refractivity contribution is 6.21. The third kappa shape index (κ3) is 4.76. The van der Waals surface area contributed by atoms with E-state index in [1.54, 1.807) is 0 Å². The van der Waals surface area contributed by atoms with Crippen LogP contribution in [0.1, 0.15) is 40.9 Å². The van der Waals surface area contributed by atoms with Crippen molar-refractivity contribution in [3.05, 3.63) is 101 Å². The average Bonchev–Trinajstić information content (AvgIpc) is 3.20. The lowest BCUT2D eigenvalue weighted by Crippen LogP contribution is -2.48. The number of benzene rings is 3. The lowest BCUT2D eigenvalue weighted by atomic mass is 9.96. The molecule has 1 aliphatic rings. The van der Waals surface area contributed by atoms with Crippen LogP contribution in [0.4, 0.5) is 0 Å². The van der Waals surface area contributed by atoms with Gasteiger partial charge >= 0.3 is 0 Å². The van der Waals surface area contributed by atoms with E-state index in [1.165, 1.54) is 16.6 Å². The molecule has 4 aromatic rings. The molecular weight excluding hydrogens is 440 g/mol. The zero-order chi connectivity index (χ0) is 23.5. The van der Waals surface area contributed by atoms with Gasteiger partial charge in [-0.15, -0.1) is 11.6 Å². The largest absolute Gasteiger partial charge is 0.329 e. The molecular formula is C29H33ClN4. The van der Waals surface area contributed by atoms with Gasteiger partial charge in [0.15, 0.2) is 0 Å². The van der Waals surface area contributed by atoms with Crippen molar-refractivity contribution in [1.82, 2.24) is 19.4 Å². The maximum atomic E-state index is 6.92. The Labute approximate surface area is 207 Å². The quantitative estimate of drug-likeness (QED) is 0.306. The molecule has 4 nitrogen and oxygen atoms in total. The van der Waals surface area contributed by atoms with E-state index in [0.717, 1.165) is 56.2 Å². The predicted octanol–water partition coefficient (Wildman–Crippen LogP) is 6.05. The van der Waals surface area contributed by atoms with Crippen LogP contribution in [-0.2, 0) is 6.54 Å². The van der Waals surface area contributed by atoms with Gasteiger partial charge in [0, 0.05) is 39.3 Å². The van der Waals surface area contributed by atoms with Crippen molar-refractivity contribution < 1.29 is 0 Å². The Morgan fingerprint density at radius 2 is 1.44 bits per heavy atom. The summed E-state index contributed by atoms with van der Waals surface area (Å²) in [5.74, 6) is 1.06. The zero-order valence-corrected chi connectivity index (χ0v) is 20.8. The van der Waals surface area contributed by atoms with Crippen molar-refractivity contribution in [3.8, 4) is 0 Å². The normalized spacial score (nSPS) is 16.4. The van der Waals surface area contributed by atoms with Gasteiger partial charge in [-0.2, -0.15) is 0 Å². The van der Waals surface area contributed by atoms with Crippen LogP contribution < -0.4 is 0 Å². The minimum absolute atomic E-state index is 0.0397. The molecule has 176 valence electrons. The van der Waals surface area contributed by atoms with Crippen molar-refractivity contribution >= 4 is 22.6 Å². The molecule has 34 heavy (non-hydrogen) atoms. The number of imidazole rings is 1. The molecule has 0 spiro atoms. The standard InChI is InChI=1S/C29H33ClN4/c1-3-34-22(2)31-27-20-25(14-15-28(27)34)26(30)21-32-16-18-33(19-17-32)29(23-10-6-4-7-11-23)24-12-8-5-9-13-24/h4-15,20,26,29H,3,16-19,21H2,1-2H3. The molecule has 3 aromatic carbocycles. The predicted molar refractivity (Wildman–Crippen MR) is 141 cm³/mol. The van der Waals surface area contributed by atoms with Crippen LogP contribution in [0.5, 0.6) is 0 Å². The molecule has 0 amide bonds. The van der Waals surface area contributed by atoms with Gasteiger partial charge in [-0.05, 0) is 42.7 Å². The topological polar surface area (TPSA) is 24.3 Å². The minimum Gasteiger partial charge on any atom is -0.329 e. The number of hydrogen-bond acceptors (Lipinski definition) is 3. The Morgan fingerprint density at radius 1 is 0.824 bits per heavy atom. The molecule has 5 rings (SSSR count). The second-order valence-electron chi connectivity index (χ2n) is 9.18. The number of aromatic nitrogens is 2. The van der Waals surface area contributed by atoms with Gasteiger partial charge in [0.05, 0.1) is 22.5 Å². The summed E-state index contributed by atoms with van der Waals surface area (Å²) in [7, 11) is 0. The first-order valence-electron chi connectivity index (χ1n) is 12.3. The van der Waals surface area contributed by atoms with Crippen LogP contribution in [0.2, 0.25) is 0 Å². The molecule has 0 aliphatic carbocycles. The van der Waals surface area contributed by atoms with Crippen LogP contribution in [0.25, 0.3) is 11.0 Å². The molecule has 1 saturated heterocycles. The van der Waals surface area contributed by atoms with Crippen molar-refractivity contribution in [2.45, 2.75) is 31.8 Å². The summed E-state index contributed by atoms with van der Waals surface area (Å²) >= 11 is 6.92. The molecule has 1 atom stereocenters.